The van der Waals surface area contributed by atoms with Crippen LogP contribution in [0.1, 0.15) is 17.2 Å². The minimum atomic E-state index is -0.841. The number of para-hydroxylation sites is 1. The molecule has 3 heterocycles. The van der Waals surface area contributed by atoms with Crippen LogP contribution in [0, 0.1) is 6.92 Å². The summed E-state index contributed by atoms with van der Waals surface area (Å²) in [4.78, 5) is 20.3. The van der Waals surface area contributed by atoms with Crippen molar-refractivity contribution in [3.05, 3.63) is 65.9 Å². The fourth-order valence-electron chi connectivity index (χ4n) is 3.49. The highest BCUT2D eigenvalue weighted by atomic mass is 16.4. The van der Waals surface area contributed by atoms with Crippen LogP contribution in [0.4, 0.5) is 11.5 Å². The average Bonchev–Trinajstić information content (AvgIpc) is 3.08. The fourth-order valence-corrected chi connectivity index (χ4v) is 3.49. The standard InChI is InChI=1S/C20H22N6O2/c1-14-22-23-19-13-25(17(20(27)28)12-26(14)19)11-15-8-9-18(21-10-15)24(2)16-6-4-3-5-7-16/h3-10,17H,11-13H2,1-2H3,(H,27,28). The van der Waals surface area contributed by atoms with Crippen molar-refractivity contribution in [2.24, 2.45) is 0 Å². The molecule has 1 aliphatic heterocycles. The zero-order valence-corrected chi connectivity index (χ0v) is 15.9. The minimum absolute atomic E-state index is 0.353. The summed E-state index contributed by atoms with van der Waals surface area (Å²) in [6.07, 6.45) is 1.80. The number of aromatic nitrogens is 4. The van der Waals surface area contributed by atoms with Crippen LogP contribution in [0.3, 0.4) is 0 Å². The summed E-state index contributed by atoms with van der Waals surface area (Å²) in [5.41, 5.74) is 2.01. The molecule has 1 aliphatic rings. The first-order chi connectivity index (χ1) is 13.5. The molecule has 0 spiro atoms. The van der Waals surface area contributed by atoms with Crippen LogP contribution < -0.4 is 4.90 Å². The lowest BCUT2D eigenvalue weighted by atomic mass is 10.1. The van der Waals surface area contributed by atoms with Crippen molar-refractivity contribution in [1.29, 1.82) is 0 Å². The summed E-state index contributed by atoms with van der Waals surface area (Å²) < 4.78 is 1.88. The summed E-state index contributed by atoms with van der Waals surface area (Å²) in [6.45, 7) is 3.14. The quantitative estimate of drug-likeness (QED) is 0.728. The summed E-state index contributed by atoms with van der Waals surface area (Å²) in [5.74, 6) is 1.53. The lowest BCUT2D eigenvalue weighted by molar-refractivity contribution is -0.145. The van der Waals surface area contributed by atoms with E-state index in [0.717, 1.165) is 28.7 Å². The average molecular weight is 378 g/mol. The molecule has 0 fully saturated rings. The minimum Gasteiger partial charge on any atom is -0.480 e. The first-order valence-corrected chi connectivity index (χ1v) is 9.12. The summed E-state index contributed by atoms with van der Waals surface area (Å²) in [7, 11) is 1.97. The number of pyridine rings is 1. The Morgan fingerprint density at radius 1 is 1.21 bits per heavy atom. The molecule has 0 saturated carbocycles. The Morgan fingerprint density at radius 2 is 2.00 bits per heavy atom. The van der Waals surface area contributed by atoms with Gasteiger partial charge in [0.15, 0.2) is 0 Å². The molecule has 4 rings (SSSR count). The number of benzene rings is 1. The smallest absolute Gasteiger partial charge is 0.322 e. The molecule has 144 valence electrons. The van der Waals surface area contributed by atoms with Gasteiger partial charge in [-0.1, -0.05) is 24.3 Å². The van der Waals surface area contributed by atoms with Crippen molar-refractivity contribution in [3.63, 3.8) is 0 Å². The molecular formula is C20H22N6O2. The number of aliphatic carboxylic acids is 1. The Morgan fingerprint density at radius 3 is 2.68 bits per heavy atom. The number of carboxylic acids is 1. The third-order valence-corrected chi connectivity index (χ3v) is 5.12. The lowest BCUT2D eigenvalue weighted by Crippen LogP contribution is -2.47. The molecule has 0 bridgehead atoms. The number of carboxylic acid groups (broad SMARTS) is 1. The Balaban J connectivity index is 1.51. The highest BCUT2D eigenvalue weighted by Gasteiger charge is 2.33. The van der Waals surface area contributed by atoms with Gasteiger partial charge in [-0.15, -0.1) is 10.2 Å². The molecule has 0 aliphatic carbocycles. The third-order valence-electron chi connectivity index (χ3n) is 5.12. The molecule has 3 aromatic rings. The van der Waals surface area contributed by atoms with E-state index in [9.17, 15) is 9.90 Å². The van der Waals surface area contributed by atoms with Gasteiger partial charge < -0.3 is 14.6 Å². The van der Waals surface area contributed by atoms with Gasteiger partial charge in [-0.05, 0) is 30.7 Å². The van der Waals surface area contributed by atoms with E-state index in [1.54, 1.807) is 6.20 Å². The first kappa shape index (κ1) is 18.1. The maximum absolute atomic E-state index is 11.8. The molecule has 2 aromatic heterocycles. The van der Waals surface area contributed by atoms with Crippen molar-refractivity contribution < 1.29 is 9.90 Å². The number of aryl methyl sites for hydroxylation is 1. The predicted octanol–water partition coefficient (Wildman–Crippen LogP) is 2.22. The number of hydrogen-bond acceptors (Lipinski definition) is 6. The Hall–Kier alpha value is -3.26. The second-order valence-corrected chi connectivity index (χ2v) is 6.95. The second-order valence-electron chi connectivity index (χ2n) is 6.95. The van der Waals surface area contributed by atoms with Crippen LogP contribution in [0.5, 0.6) is 0 Å². The van der Waals surface area contributed by atoms with Crippen LogP contribution in [0.2, 0.25) is 0 Å². The van der Waals surface area contributed by atoms with Gasteiger partial charge in [-0.3, -0.25) is 9.69 Å². The van der Waals surface area contributed by atoms with E-state index in [0.29, 0.717) is 19.6 Å². The molecule has 0 saturated heterocycles. The SMILES string of the molecule is Cc1nnc2n1CC(C(=O)O)N(Cc1ccc(N(C)c3ccccc3)nc1)C2. The van der Waals surface area contributed by atoms with Gasteiger partial charge in [0.25, 0.3) is 0 Å². The maximum atomic E-state index is 11.8. The third kappa shape index (κ3) is 3.46. The number of fused-ring (bicyclic) bond motifs is 1. The summed E-state index contributed by atoms with van der Waals surface area (Å²) >= 11 is 0. The molecule has 28 heavy (non-hydrogen) atoms. The van der Waals surface area contributed by atoms with E-state index in [2.05, 4.69) is 15.2 Å². The van der Waals surface area contributed by atoms with Crippen LogP contribution in [-0.4, -0.2) is 48.8 Å². The van der Waals surface area contributed by atoms with Crippen molar-refractivity contribution in [2.45, 2.75) is 32.6 Å². The predicted molar refractivity (Wildman–Crippen MR) is 104 cm³/mol. The van der Waals surface area contributed by atoms with E-state index in [-0.39, 0.29) is 0 Å². The lowest BCUT2D eigenvalue weighted by Gasteiger charge is -2.33. The van der Waals surface area contributed by atoms with E-state index in [1.165, 1.54) is 0 Å². The van der Waals surface area contributed by atoms with E-state index in [4.69, 9.17) is 0 Å². The fraction of sp³-hybridized carbons (Fsp3) is 0.300. The summed E-state index contributed by atoms with van der Waals surface area (Å²) in [5, 5.41) is 17.9. The molecule has 1 N–H and O–H groups in total. The van der Waals surface area contributed by atoms with Gasteiger partial charge in [0, 0.05) is 25.5 Å². The van der Waals surface area contributed by atoms with Gasteiger partial charge in [0.2, 0.25) is 0 Å². The first-order valence-electron chi connectivity index (χ1n) is 9.12. The van der Waals surface area contributed by atoms with E-state index < -0.39 is 12.0 Å². The Kier molecular flexibility index (Phi) is 4.79. The molecular weight excluding hydrogens is 356 g/mol. The normalized spacial score (nSPS) is 16.6. The van der Waals surface area contributed by atoms with E-state index in [1.807, 2.05) is 70.8 Å². The molecule has 1 aromatic carbocycles. The van der Waals surface area contributed by atoms with Crippen molar-refractivity contribution in [3.8, 4) is 0 Å². The van der Waals surface area contributed by atoms with Crippen molar-refractivity contribution >= 4 is 17.5 Å². The topological polar surface area (TPSA) is 87.4 Å². The van der Waals surface area contributed by atoms with Gasteiger partial charge >= 0.3 is 5.97 Å². The van der Waals surface area contributed by atoms with Crippen molar-refractivity contribution in [1.82, 2.24) is 24.6 Å². The van der Waals surface area contributed by atoms with Gasteiger partial charge in [-0.2, -0.15) is 0 Å². The monoisotopic (exact) mass is 378 g/mol. The van der Waals surface area contributed by atoms with Gasteiger partial charge in [-0.25, -0.2) is 4.98 Å². The van der Waals surface area contributed by atoms with Crippen molar-refractivity contribution in [2.75, 3.05) is 11.9 Å². The molecule has 1 unspecified atom stereocenters. The molecule has 8 heteroatoms. The Labute approximate surface area is 163 Å². The Bertz CT molecular complexity index is 970. The number of carbonyl (C=O) groups is 1. The van der Waals surface area contributed by atoms with E-state index >= 15 is 0 Å². The number of anilines is 2. The van der Waals surface area contributed by atoms with Crippen LogP contribution >= 0.6 is 0 Å². The zero-order chi connectivity index (χ0) is 19.7. The number of nitrogens with zero attached hydrogens (tertiary/aromatic N) is 6. The number of hydrogen-bond donors (Lipinski definition) is 1. The molecule has 0 amide bonds. The largest absolute Gasteiger partial charge is 0.480 e. The molecule has 8 nitrogen and oxygen atoms in total. The van der Waals surface area contributed by atoms with Crippen LogP contribution in [-0.2, 0) is 24.4 Å². The molecule has 0 radical (unpaired) electrons. The highest BCUT2D eigenvalue weighted by molar-refractivity contribution is 5.73. The van der Waals surface area contributed by atoms with Crippen LogP contribution in [0.15, 0.2) is 48.7 Å². The van der Waals surface area contributed by atoms with Crippen LogP contribution in [0.25, 0.3) is 0 Å². The number of rotatable bonds is 5. The maximum Gasteiger partial charge on any atom is 0.322 e. The summed E-state index contributed by atoms with van der Waals surface area (Å²) in [6, 6.07) is 13.3. The van der Waals surface area contributed by atoms with Gasteiger partial charge in [0.1, 0.15) is 23.5 Å². The van der Waals surface area contributed by atoms with Gasteiger partial charge in [0.05, 0.1) is 13.1 Å². The zero-order valence-electron chi connectivity index (χ0n) is 15.9. The highest BCUT2D eigenvalue weighted by Crippen LogP contribution is 2.23. The second kappa shape index (κ2) is 7.40. The molecule has 1 atom stereocenters.